The number of aromatic nitrogens is 3. The van der Waals surface area contributed by atoms with Gasteiger partial charge >= 0.3 is 0 Å². The molecule has 0 aliphatic heterocycles. The lowest BCUT2D eigenvalue weighted by Gasteiger charge is -2.06. The van der Waals surface area contributed by atoms with Crippen molar-refractivity contribution in [1.29, 1.82) is 0 Å². The largest absolute Gasteiger partial charge is 0.347 e. The van der Waals surface area contributed by atoms with Crippen LogP contribution in [0.2, 0.25) is 0 Å². The van der Waals surface area contributed by atoms with Crippen molar-refractivity contribution >= 4 is 17.2 Å². The van der Waals surface area contributed by atoms with Crippen LogP contribution in [0.15, 0.2) is 48.5 Å². The summed E-state index contributed by atoms with van der Waals surface area (Å²) < 4.78 is 1.76. The van der Waals surface area contributed by atoms with Crippen LogP contribution in [-0.2, 0) is 6.54 Å². The zero-order valence-electron chi connectivity index (χ0n) is 11.5. The van der Waals surface area contributed by atoms with E-state index in [4.69, 9.17) is 0 Å². The van der Waals surface area contributed by atoms with Gasteiger partial charge in [0.05, 0.1) is 6.54 Å². The number of thiophene rings is 1. The first kappa shape index (κ1) is 13.5. The average molecular weight is 298 g/mol. The second kappa shape index (κ2) is 5.88. The molecule has 0 spiro atoms. The number of nitrogens with one attached hydrogen (secondary N) is 1. The second-order valence-electron chi connectivity index (χ2n) is 4.58. The molecule has 0 saturated carbocycles. The predicted molar refractivity (Wildman–Crippen MR) is 81.6 cm³/mol. The van der Waals surface area contributed by atoms with Crippen molar-refractivity contribution in [2.45, 2.75) is 13.5 Å². The Morgan fingerprint density at radius 2 is 2.29 bits per heavy atom. The zero-order valence-corrected chi connectivity index (χ0v) is 12.3. The Morgan fingerprint density at radius 1 is 1.38 bits per heavy atom. The number of carbonyl (C=O) groups is 1. The van der Waals surface area contributed by atoms with Crippen molar-refractivity contribution in [3.63, 3.8) is 0 Å². The molecule has 3 aromatic rings. The average Bonchev–Trinajstić information content (AvgIpc) is 3.16. The minimum Gasteiger partial charge on any atom is -0.347 e. The number of hydrogen-bond acceptors (Lipinski definition) is 4. The summed E-state index contributed by atoms with van der Waals surface area (Å²) in [7, 11) is 0. The topological polar surface area (TPSA) is 59.8 Å². The Kier molecular flexibility index (Phi) is 3.79. The van der Waals surface area contributed by atoms with Crippen molar-refractivity contribution < 1.29 is 4.79 Å². The lowest BCUT2D eigenvalue weighted by atomic mass is 10.2. The van der Waals surface area contributed by atoms with Crippen LogP contribution < -0.4 is 5.32 Å². The van der Waals surface area contributed by atoms with E-state index in [1.54, 1.807) is 53.0 Å². The molecular formula is C15H14N4OS. The van der Waals surface area contributed by atoms with Gasteiger partial charge in [-0.05, 0) is 36.1 Å². The maximum absolute atomic E-state index is 12.2. The molecule has 0 aliphatic carbocycles. The Bertz CT molecular complexity index is 749. The van der Waals surface area contributed by atoms with Crippen LogP contribution in [0.3, 0.4) is 0 Å². The fourth-order valence-electron chi connectivity index (χ4n) is 1.94. The van der Waals surface area contributed by atoms with Gasteiger partial charge in [0.25, 0.3) is 5.91 Å². The van der Waals surface area contributed by atoms with Gasteiger partial charge in [-0.2, -0.15) is 0 Å². The van der Waals surface area contributed by atoms with Crippen LogP contribution in [-0.4, -0.2) is 20.4 Å². The molecule has 106 valence electrons. The summed E-state index contributed by atoms with van der Waals surface area (Å²) in [6.45, 7) is 2.59. The van der Waals surface area contributed by atoms with E-state index in [9.17, 15) is 4.79 Å². The lowest BCUT2D eigenvalue weighted by Crippen LogP contribution is -2.22. The molecule has 1 amide bonds. The molecule has 0 fully saturated rings. The summed E-state index contributed by atoms with van der Waals surface area (Å²) >= 11 is 1.65. The number of hydrogen-bond donors (Lipinski definition) is 1. The highest BCUT2D eigenvalue weighted by atomic mass is 32.1. The molecule has 0 bridgehead atoms. The van der Waals surface area contributed by atoms with E-state index in [0.29, 0.717) is 17.9 Å². The van der Waals surface area contributed by atoms with Gasteiger partial charge in [0, 0.05) is 29.0 Å². The van der Waals surface area contributed by atoms with Crippen molar-refractivity contribution in [2.24, 2.45) is 0 Å². The molecule has 6 heteroatoms. The van der Waals surface area contributed by atoms with Crippen molar-refractivity contribution in [3.05, 3.63) is 64.5 Å². The molecule has 0 atom stereocenters. The molecule has 3 rings (SSSR count). The molecular weight excluding hydrogens is 284 g/mol. The normalized spacial score (nSPS) is 10.5. The second-order valence-corrected chi connectivity index (χ2v) is 5.58. The fraction of sp³-hybridized carbons (Fsp3) is 0.133. The van der Waals surface area contributed by atoms with Crippen LogP contribution in [0.1, 0.15) is 20.8 Å². The van der Waals surface area contributed by atoms with Crippen molar-refractivity contribution in [3.8, 4) is 5.82 Å². The monoisotopic (exact) mass is 298 g/mol. The van der Waals surface area contributed by atoms with Gasteiger partial charge in [-0.1, -0.05) is 0 Å². The molecule has 21 heavy (non-hydrogen) atoms. The number of carbonyl (C=O) groups excluding carboxylic acids is 1. The fourth-order valence-corrected chi connectivity index (χ4v) is 2.79. The molecule has 5 nitrogen and oxygen atoms in total. The molecule has 0 radical (unpaired) electrons. The Hall–Kier alpha value is -2.47. The highest BCUT2D eigenvalue weighted by Gasteiger charge is 2.08. The van der Waals surface area contributed by atoms with Gasteiger partial charge in [-0.3, -0.25) is 9.36 Å². The first-order valence-electron chi connectivity index (χ1n) is 6.49. The first-order valence-corrected chi connectivity index (χ1v) is 7.37. The van der Waals surface area contributed by atoms with Crippen LogP contribution in [0.5, 0.6) is 0 Å². The molecule has 0 aliphatic rings. The summed E-state index contributed by atoms with van der Waals surface area (Å²) in [5.41, 5.74) is 1.79. The molecule has 3 heterocycles. The smallest absolute Gasteiger partial charge is 0.251 e. The summed E-state index contributed by atoms with van der Waals surface area (Å²) in [5.74, 6) is 0.569. The first-order chi connectivity index (χ1) is 10.2. The third kappa shape index (κ3) is 3.00. The zero-order chi connectivity index (χ0) is 14.7. The Balaban J connectivity index is 1.73. The quantitative estimate of drug-likeness (QED) is 0.805. The number of nitrogens with zero attached hydrogens (tertiary/aromatic N) is 3. The maximum Gasteiger partial charge on any atom is 0.251 e. The standard InChI is InChI=1S/C15H14N4OS/c1-11-3-7-21-13(11)9-18-15(20)12-2-4-17-14(8-12)19-6-5-16-10-19/h2-8,10H,9H2,1H3,(H,18,20). The third-order valence-electron chi connectivity index (χ3n) is 3.15. The number of imidazole rings is 1. The van der Waals surface area contributed by atoms with E-state index in [0.717, 1.165) is 0 Å². The molecule has 1 N–H and O–H groups in total. The minimum absolute atomic E-state index is 0.105. The highest BCUT2D eigenvalue weighted by Crippen LogP contribution is 2.15. The van der Waals surface area contributed by atoms with Gasteiger partial charge in [-0.15, -0.1) is 11.3 Å². The van der Waals surface area contributed by atoms with Crippen LogP contribution >= 0.6 is 11.3 Å². The number of rotatable bonds is 4. The van der Waals surface area contributed by atoms with Gasteiger partial charge in [0.15, 0.2) is 0 Å². The Labute approximate surface area is 126 Å². The van der Waals surface area contributed by atoms with E-state index < -0.39 is 0 Å². The SMILES string of the molecule is Cc1ccsc1CNC(=O)c1ccnc(-n2ccnc2)c1. The van der Waals surface area contributed by atoms with Crippen LogP contribution in [0.4, 0.5) is 0 Å². The molecule has 0 aromatic carbocycles. The van der Waals surface area contributed by atoms with E-state index in [2.05, 4.69) is 21.4 Å². The summed E-state index contributed by atoms with van der Waals surface area (Å²) in [5, 5.41) is 4.96. The Morgan fingerprint density at radius 3 is 3.00 bits per heavy atom. The summed E-state index contributed by atoms with van der Waals surface area (Å²) in [6, 6.07) is 5.51. The lowest BCUT2D eigenvalue weighted by molar-refractivity contribution is 0.0951. The van der Waals surface area contributed by atoms with E-state index in [-0.39, 0.29) is 5.91 Å². The van der Waals surface area contributed by atoms with E-state index in [1.807, 2.05) is 12.3 Å². The van der Waals surface area contributed by atoms with E-state index >= 15 is 0 Å². The number of pyridine rings is 1. The summed E-state index contributed by atoms with van der Waals surface area (Å²) in [4.78, 5) is 21.6. The predicted octanol–water partition coefficient (Wildman–Crippen LogP) is 2.57. The third-order valence-corrected chi connectivity index (χ3v) is 4.18. The van der Waals surface area contributed by atoms with Crippen LogP contribution in [0.25, 0.3) is 5.82 Å². The van der Waals surface area contributed by atoms with Crippen molar-refractivity contribution in [2.75, 3.05) is 0 Å². The summed E-state index contributed by atoms with van der Waals surface area (Å²) in [6.07, 6.45) is 6.74. The number of amides is 1. The van der Waals surface area contributed by atoms with Crippen molar-refractivity contribution in [1.82, 2.24) is 19.9 Å². The molecule has 3 aromatic heterocycles. The minimum atomic E-state index is -0.105. The van der Waals surface area contributed by atoms with Gasteiger partial charge in [0.2, 0.25) is 0 Å². The highest BCUT2D eigenvalue weighted by molar-refractivity contribution is 7.10. The maximum atomic E-state index is 12.2. The molecule has 0 saturated heterocycles. The van der Waals surface area contributed by atoms with Gasteiger partial charge in [0.1, 0.15) is 12.1 Å². The van der Waals surface area contributed by atoms with Gasteiger partial charge in [-0.25, -0.2) is 9.97 Å². The van der Waals surface area contributed by atoms with Crippen LogP contribution in [0, 0.1) is 6.92 Å². The van der Waals surface area contributed by atoms with Gasteiger partial charge < -0.3 is 5.32 Å². The molecule has 0 unspecified atom stereocenters. The number of aryl methyl sites for hydroxylation is 1. The van der Waals surface area contributed by atoms with E-state index in [1.165, 1.54) is 10.4 Å².